The second-order valence-electron chi connectivity index (χ2n) is 24.8. The van der Waals surface area contributed by atoms with Gasteiger partial charge in [0.2, 0.25) is 0 Å². The van der Waals surface area contributed by atoms with Crippen molar-refractivity contribution in [1.82, 2.24) is 0 Å². The van der Waals surface area contributed by atoms with Crippen molar-refractivity contribution < 1.29 is 80.2 Å². The fraction of sp³-hybridized carbons (Fsp3) is 0.939. The number of rotatable bonds is 65. The lowest BCUT2D eigenvalue weighted by Gasteiger charge is -2.21. The number of aliphatic hydroxyl groups excluding tert-OH is 1. The van der Waals surface area contributed by atoms with Crippen LogP contribution in [0.4, 0.5) is 0 Å². The molecule has 0 heterocycles. The molecule has 17 nitrogen and oxygen atoms in total. The summed E-state index contributed by atoms with van der Waals surface area (Å²) in [6, 6.07) is 0. The van der Waals surface area contributed by atoms with Gasteiger partial charge in [0.1, 0.15) is 19.3 Å². The maximum absolute atomic E-state index is 13.0. The second kappa shape index (κ2) is 58.4. The Hall–Kier alpha value is -1.94. The molecule has 19 heteroatoms. The molecule has 0 radical (unpaired) electrons. The van der Waals surface area contributed by atoms with Gasteiger partial charge in [0.05, 0.1) is 26.4 Å². The first-order valence-corrected chi connectivity index (χ1v) is 37.5. The standard InChI is InChI=1S/C66H128O17P2/c1-7-9-11-13-15-17-19-21-22-23-25-27-29-38-44-50-65(70)82-61(54-76-63(68)48-42-36-28-26-24-20-18-16-14-12-10-8-2)56-80-84(72,73)78-52-60(67)53-79-85(74,75)81-57-62(83-66(71)51-45-39-33-31-35-41-47-59(5)6)55-77-64(69)49-43-37-32-30-34-40-46-58(3)4/h58-62,67H,7-57H2,1-6H3,(H,72,73)(H,74,75)/t60-,61-,62-/m1/s1. The Morgan fingerprint density at radius 3 is 0.800 bits per heavy atom. The predicted octanol–water partition coefficient (Wildman–Crippen LogP) is 18.4. The van der Waals surface area contributed by atoms with E-state index in [1.54, 1.807) is 0 Å². The molecule has 3 N–H and O–H groups in total. The van der Waals surface area contributed by atoms with E-state index < -0.39 is 97.5 Å². The van der Waals surface area contributed by atoms with Gasteiger partial charge in [0.25, 0.3) is 0 Å². The molecule has 2 unspecified atom stereocenters. The molecule has 0 fully saturated rings. The monoisotopic (exact) mass is 1250 g/mol. The van der Waals surface area contributed by atoms with Gasteiger partial charge in [-0.3, -0.25) is 37.3 Å². The number of phosphoric ester groups is 2. The smallest absolute Gasteiger partial charge is 0.462 e. The number of carbonyl (C=O) groups is 4. The first-order chi connectivity index (χ1) is 40.9. The minimum absolute atomic E-state index is 0.101. The van der Waals surface area contributed by atoms with E-state index in [4.69, 9.17) is 37.0 Å². The highest BCUT2D eigenvalue weighted by atomic mass is 31.2. The van der Waals surface area contributed by atoms with Crippen LogP contribution in [-0.2, 0) is 65.4 Å². The highest BCUT2D eigenvalue weighted by Gasteiger charge is 2.30. The molecular weight excluding hydrogens is 1130 g/mol. The number of unbranched alkanes of at least 4 members (excludes halogenated alkanes) is 35. The van der Waals surface area contributed by atoms with Crippen LogP contribution < -0.4 is 0 Å². The van der Waals surface area contributed by atoms with Crippen LogP contribution in [0, 0.1) is 11.8 Å². The minimum Gasteiger partial charge on any atom is -0.462 e. The number of ether oxygens (including phenoxy) is 4. The van der Waals surface area contributed by atoms with Crippen molar-refractivity contribution in [3.05, 3.63) is 0 Å². The van der Waals surface area contributed by atoms with Crippen LogP contribution in [0.25, 0.3) is 0 Å². The molecule has 0 saturated heterocycles. The molecule has 0 aromatic heterocycles. The van der Waals surface area contributed by atoms with Crippen LogP contribution in [-0.4, -0.2) is 96.7 Å². The number of phosphoric acid groups is 2. The number of carbonyl (C=O) groups excluding carboxylic acids is 4. The van der Waals surface area contributed by atoms with Crippen molar-refractivity contribution >= 4 is 39.5 Å². The molecule has 0 rings (SSSR count). The maximum Gasteiger partial charge on any atom is 0.472 e. The van der Waals surface area contributed by atoms with E-state index in [0.29, 0.717) is 37.5 Å². The van der Waals surface area contributed by atoms with Crippen molar-refractivity contribution in [1.29, 1.82) is 0 Å². The van der Waals surface area contributed by atoms with Crippen molar-refractivity contribution in [3.8, 4) is 0 Å². The van der Waals surface area contributed by atoms with Crippen LogP contribution >= 0.6 is 15.6 Å². The van der Waals surface area contributed by atoms with E-state index in [1.165, 1.54) is 141 Å². The Morgan fingerprint density at radius 2 is 0.541 bits per heavy atom. The average molecular weight is 1260 g/mol. The lowest BCUT2D eigenvalue weighted by Crippen LogP contribution is -2.30. The summed E-state index contributed by atoms with van der Waals surface area (Å²) in [6.07, 6.45) is 42.0. The molecule has 0 aromatic carbocycles. The van der Waals surface area contributed by atoms with E-state index in [2.05, 4.69) is 41.5 Å². The molecule has 0 spiro atoms. The SMILES string of the molecule is CCCCCCCCCCCCCCCCCC(=O)O[C@H](COC(=O)CCCCCCCCCCCCCC)COP(=O)(O)OC[C@@H](O)COP(=O)(O)OC[C@@H](COC(=O)CCCCCCCCC(C)C)OC(=O)CCCCCCCCC(C)C. The van der Waals surface area contributed by atoms with Crippen molar-refractivity contribution in [3.63, 3.8) is 0 Å². The van der Waals surface area contributed by atoms with Crippen LogP contribution in [0.2, 0.25) is 0 Å². The van der Waals surface area contributed by atoms with E-state index in [1.807, 2.05) is 0 Å². The Balaban J connectivity index is 5.22. The third-order valence-corrected chi connectivity index (χ3v) is 17.1. The summed E-state index contributed by atoms with van der Waals surface area (Å²) in [5.41, 5.74) is 0. The molecule has 0 aromatic rings. The molecule has 0 bridgehead atoms. The van der Waals surface area contributed by atoms with E-state index >= 15 is 0 Å². The van der Waals surface area contributed by atoms with Crippen LogP contribution in [0.15, 0.2) is 0 Å². The van der Waals surface area contributed by atoms with Gasteiger partial charge in [-0.2, -0.15) is 0 Å². The van der Waals surface area contributed by atoms with Crippen molar-refractivity contribution in [2.75, 3.05) is 39.6 Å². The summed E-state index contributed by atoms with van der Waals surface area (Å²) in [6.45, 7) is 9.34. The fourth-order valence-corrected chi connectivity index (χ4v) is 11.5. The Morgan fingerprint density at radius 1 is 0.318 bits per heavy atom. The van der Waals surface area contributed by atoms with Gasteiger partial charge in [-0.25, -0.2) is 9.13 Å². The summed E-state index contributed by atoms with van der Waals surface area (Å²) < 4.78 is 68.0. The normalized spacial score (nSPS) is 14.2. The number of hydrogen-bond donors (Lipinski definition) is 3. The first kappa shape index (κ1) is 83.1. The summed E-state index contributed by atoms with van der Waals surface area (Å²) in [5.74, 6) is -0.786. The Kier molecular flexibility index (Phi) is 57.1. The number of aliphatic hydroxyl groups is 1. The summed E-state index contributed by atoms with van der Waals surface area (Å²) in [4.78, 5) is 72.2. The first-order valence-electron chi connectivity index (χ1n) is 34.5. The molecule has 5 atom stereocenters. The third kappa shape index (κ3) is 60.7. The van der Waals surface area contributed by atoms with Gasteiger partial charge in [0.15, 0.2) is 12.2 Å². The second-order valence-corrected chi connectivity index (χ2v) is 27.7. The molecule has 0 aliphatic heterocycles. The fourth-order valence-electron chi connectivity index (χ4n) is 9.88. The Bertz CT molecular complexity index is 1670. The van der Waals surface area contributed by atoms with Crippen molar-refractivity contribution in [2.45, 2.75) is 349 Å². The van der Waals surface area contributed by atoms with Gasteiger partial charge in [-0.1, -0.05) is 279 Å². The maximum atomic E-state index is 13.0. The molecule has 0 saturated carbocycles. The summed E-state index contributed by atoms with van der Waals surface area (Å²) >= 11 is 0. The third-order valence-electron chi connectivity index (χ3n) is 15.2. The lowest BCUT2D eigenvalue weighted by molar-refractivity contribution is -0.161. The average Bonchev–Trinajstić information content (AvgIpc) is 3.60. The van der Waals surface area contributed by atoms with Gasteiger partial charge < -0.3 is 33.8 Å². The zero-order chi connectivity index (χ0) is 62.9. The van der Waals surface area contributed by atoms with Crippen LogP contribution in [0.5, 0.6) is 0 Å². The van der Waals surface area contributed by atoms with Gasteiger partial charge in [-0.05, 0) is 37.5 Å². The van der Waals surface area contributed by atoms with Gasteiger partial charge in [-0.15, -0.1) is 0 Å². The van der Waals surface area contributed by atoms with Crippen LogP contribution in [0.3, 0.4) is 0 Å². The highest BCUT2D eigenvalue weighted by Crippen LogP contribution is 2.45. The number of esters is 4. The van der Waals surface area contributed by atoms with E-state index in [-0.39, 0.29) is 25.7 Å². The molecular formula is C66H128O17P2. The molecule has 85 heavy (non-hydrogen) atoms. The largest absolute Gasteiger partial charge is 0.472 e. The molecule has 0 amide bonds. The Labute approximate surface area is 517 Å². The summed E-state index contributed by atoms with van der Waals surface area (Å²) in [7, 11) is -9.89. The topological polar surface area (TPSA) is 237 Å². The van der Waals surface area contributed by atoms with Gasteiger partial charge in [0, 0.05) is 25.7 Å². The minimum atomic E-state index is -4.95. The molecule has 0 aliphatic carbocycles. The lowest BCUT2D eigenvalue weighted by atomic mass is 10.0. The zero-order valence-corrected chi connectivity index (χ0v) is 56.7. The highest BCUT2D eigenvalue weighted by molar-refractivity contribution is 7.47. The van der Waals surface area contributed by atoms with Crippen molar-refractivity contribution in [2.24, 2.45) is 11.8 Å². The number of hydrogen-bond acceptors (Lipinski definition) is 15. The van der Waals surface area contributed by atoms with E-state index in [0.717, 1.165) is 96.3 Å². The van der Waals surface area contributed by atoms with Crippen LogP contribution in [0.1, 0.15) is 330 Å². The van der Waals surface area contributed by atoms with Gasteiger partial charge >= 0.3 is 39.5 Å². The van der Waals surface area contributed by atoms with E-state index in [9.17, 15) is 43.2 Å². The quantitative estimate of drug-likeness (QED) is 0.0222. The molecule has 0 aliphatic rings. The zero-order valence-electron chi connectivity index (χ0n) is 54.9. The molecule has 504 valence electrons. The predicted molar refractivity (Wildman–Crippen MR) is 340 cm³/mol. The summed E-state index contributed by atoms with van der Waals surface area (Å²) in [5, 5.41) is 10.5.